The highest BCUT2D eigenvalue weighted by molar-refractivity contribution is 5.98. The van der Waals surface area contributed by atoms with Crippen LogP contribution in [0.5, 0.6) is 11.5 Å². The molecule has 1 aliphatic heterocycles. The molecule has 42 heavy (non-hydrogen) atoms. The molecule has 4 rings (SSSR count). The van der Waals surface area contributed by atoms with Gasteiger partial charge in [0.15, 0.2) is 11.5 Å². The summed E-state index contributed by atoms with van der Waals surface area (Å²) in [6.45, 7) is 4.80. The van der Waals surface area contributed by atoms with Crippen molar-refractivity contribution in [2.75, 3.05) is 45.8 Å². The van der Waals surface area contributed by atoms with Gasteiger partial charge < -0.3 is 19.5 Å². The summed E-state index contributed by atoms with van der Waals surface area (Å²) in [5.41, 5.74) is 3.51. The van der Waals surface area contributed by atoms with Crippen molar-refractivity contribution in [1.82, 2.24) is 15.2 Å². The number of amides is 2. The number of hydrogen-bond acceptors (Lipinski definition) is 7. The summed E-state index contributed by atoms with van der Waals surface area (Å²) in [7, 11) is 2.97. The fourth-order valence-electron chi connectivity index (χ4n) is 5.09. The number of alkyl halides is 1. The number of pyridine rings is 1. The lowest BCUT2D eigenvalue weighted by molar-refractivity contribution is 0.0937. The summed E-state index contributed by atoms with van der Waals surface area (Å²) in [4.78, 5) is 32.4. The van der Waals surface area contributed by atoms with Crippen molar-refractivity contribution in [2.45, 2.75) is 31.4 Å². The van der Waals surface area contributed by atoms with Crippen molar-refractivity contribution in [3.63, 3.8) is 0 Å². The number of likely N-dealkylation sites (tertiary alicyclic amines) is 1. The summed E-state index contributed by atoms with van der Waals surface area (Å²) < 4.78 is 29.4. The van der Waals surface area contributed by atoms with Gasteiger partial charge in [-0.1, -0.05) is 24.3 Å². The molecule has 9 nitrogen and oxygen atoms in total. The monoisotopic (exact) mass is 576 g/mol. The van der Waals surface area contributed by atoms with E-state index in [1.807, 2.05) is 30.3 Å². The van der Waals surface area contributed by atoms with Crippen molar-refractivity contribution in [2.24, 2.45) is 0 Å². The topological polar surface area (TPSA) is 102 Å². The zero-order valence-corrected chi connectivity index (χ0v) is 24.0. The number of nitrogens with zero attached hydrogens (tertiary/aromatic N) is 2. The number of carbonyl (C=O) groups is 2. The predicted octanol–water partition coefficient (Wildman–Crippen LogP) is 5.28. The van der Waals surface area contributed by atoms with E-state index < -0.39 is 12.8 Å². The number of nitrogens with one attached hydrogen (secondary N) is 2. The van der Waals surface area contributed by atoms with Crippen LogP contribution in [-0.4, -0.2) is 74.6 Å². The Bertz CT molecular complexity index is 1350. The molecule has 0 unspecified atom stereocenters. The maximum Gasteiger partial charge on any atom is 0.411 e. The van der Waals surface area contributed by atoms with Crippen LogP contribution < -0.4 is 20.1 Å². The average Bonchev–Trinajstić information content (AvgIpc) is 3.39. The molecule has 0 aliphatic carbocycles. The van der Waals surface area contributed by atoms with Gasteiger partial charge in [-0.15, -0.1) is 6.58 Å². The second-order valence-electron chi connectivity index (χ2n) is 9.96. The molecule has 2 atom stereocenters. The number of methoxy groups -OCH3 is 2. The van der Waals surface area contributed by atoms with E-state index in [0.29, 0.717) is 61.6 Å². The van der Waals surface area contributed by atoms with Gasteiger partial charge in [0.25, 0.3) is 5.91 Å². The van der Waals surface area contributed by atoms with Crippen molar-refractivity contribution in [1.29, 1.82) is 0 Å². The molecular weight excluding hydrogens is 539 g/mol. The number of anilines is 1. The smallest absolute Gasteiger partial charge is 0.411 e. The van der Waals surface area contributed by atoms with Crippen molar-refractivity contribution in [3.05, 3.63) is 84.6 Å². The summed E-state index contributed by atoms with van der Waals surface area (Å²) in [5.74, 6) is 0.403. The third kappa shape index (κ3) is 7.85. The van der Waals surface area contributed by atoms with E-state index >= 15 is 0 Å². The van der Waals surface area contributed by atoms with Crippen LogP contribution in [0.15, 0.2) is 73.4 Å². The Morgan fingerprint density at radius 1 is 1.14 bits per heavy atom. The van der Waals surface area contributed by atoms with Gasteiger partial charge in [-0.05, 0) is 54.8 Å². The molecule has 3 aromatic rings. The first-order chi connectivity index (χ1) is 20.4. The van der Waals surface area contributed by atoms with E-state index in [0.717, 1.165) is 16.8 Å². The van der Waals surface area contributed by atoms with Gasteiger partial charge in [-0.3, -0.25) is 24.4 Å². The number of hydrogen-bond donors (Lipinski definition) is 2. The zero-order chi connectivity index (χ0) is 29.9. The van der Waals surface area contributed by atoms with E-state index in [9.17, 15) is 14.0 Å². The van der Waals surface area contributed by atoms with E-state index in [-0.39, 0.29) is 18.1 Å². The molecule has 0 spiro atoms. The number of halogens is 1. The summed E-state index contributed by atoms with van der Waals surface area (Å²) >= 11 is 0. The van der Waals surface area contributed by atoms with Gasteiger partial charge in [-0.25, -0.2) is 4.79 Å². The lowest BCUT2D eigenvalue weighted by Crippen LogP contribution is -2.40. The SMILES string of the molecule is C=CCN1C[C@H](OC(=O)Nc2ccc(-c3ccccn3)cc2)C[C@H]1CNC(=O)c1cc(CCCF)cc(OC)c1OC. The summed E-state index contributed by atoms with van der Waals surface area (Å²) in [5, 5.41) is 5.77. The first-order valence-corrected chi connectivity index (χ1v) is 13.9. The predicted molar refractivity (Wildman–Crippen MR) is 160 cm³/mol. The minimum atomic E-state index is -0.546. The third-order valence-corrected chi connectivity index (χ3v) is 7.10. The molecule has 0 radical (unpaired) electrons. The maximum atomic E-state index is 13.3. The average molecular weight is 577 g/mol. The Morgan fingerprint density at radius 3 is 2.62 bits per heavy atom. The largest absolute Gasteiger partial charge is 0.493 e. The van der Waals surface area contributed by atoms with Gasteiger partial charge in [-0.2, -0.15) is 0 Å². The molecule has 2 N–H and O–H groups in total. The Hall–Kier alpha value is -4.44. The normalized spacial score (nSPS) is 16.5. The van der Waals surface area contributed by atoms with Crippen LogP contribution in [0.25, 0.3) is 11.3 Å². The van der Waals surface area contributed by atoms with Gasteiger partial charge in [0, 0.05) is 49.5 Å². The molecule has 2 aromatic carbocycles. The van der Waals surface area contributed by atoms with Crippen molar-refractivity contribution >= 4 is 17.7 Å². The first-order valence-electron chi connectivity index (χ1n) is 13.9. The molecule has 0 saturated carbocycles. The van der Waals surface area contributed by atoms with Crippen LogP contribution in [0, 0.1) is 0 Å². The molecule has 222 valence electrons. The Morgan fingerprint density at radius 2 is 1.95 bits per heavy atom. The van der Waals surface area contributed by atoms with Gasteiger partial charge in [0.2, 0.25) is 0 Å². The van der Waals surface area contributed by atoms with Gasteiger partial charge >= 0.3 is 6.09 Å². The number of carbonyl (C=O) groups excluding carboxylic acids is 2. The molecule has 1 aromatic heterocycles. The number of benzene rings is 2. The molecule has 1 saturated heterocycles. The van der Waals surface area contributed by atoms with Gasteiger partial charge in [0.1, 0.15) is 6.10 Å². The number of rotatable bonds is 13. The second kappa shape index (κ2) is 15.0. The maximum absolute atomic E-state index is 13.3. The van der Waals surface area contributed by atoms with Crippen LogP contribution in [0.4, 0.5) is 14.9 Å². The summed E-state index contributed by atoms with van der Waals surface area (Å²) in [6, 6.07) is 16.5. The molecule has 1 fully saturated rings. The van der Waals surface area contributed by atoms with Crippen LogP contribution in [-0.2, 0) is 11.2 Å². The van der Waals surface area contributed by atoms with Crippen LogP contribution in [0.2, 0.25) is 0 Å². The standard InChI is InChI=1S/C32H37FN4O5/c1-4-16-37-21-26(42-32(39)36-24-12-10-23(11-13-24)28-9-5-6-15-34-28)19-25(37)20-35-31(38)27-17-22(8-7-14-33)18-29(40-2)30(27)41-3/h4-6,9-13,15,17-18,25-26H,1,7-8,14,16,19-21H2,2-3H3,(H,35,38)(H,36,39)/t25-,26+/m0/s1. The molecule has 2 amide bonds. The molecule has 2 heterocycles. The van der Waals surface area contributed by atoms with E-state index in [1.54, 1.807) is 36.5 Å². The minimum Gasteiger partial charge on any atom is -0.493 e. The number of ether oxygens (including phenoxy) is 3. The third-order valence-electron chi connectivity index (χ3n) is 7.10. The fraction of sp³-hybridized carbons (Fsp3) is 0.344. The van der Waals surface area contributed by atoms with Crippen LogP contribution in [0.1, 0.15) is 28.8 Å². The Labute approximate surface area is 245 Å². The van der Waals surface area contributed by atoms with Crippen molar-refractivity contribution < 1.29 is 28.2 Å². The van der Waals surface area contributed by atoms with Gasteiger partial charge in [0.05, 0.1) is 32.2 Å². The second-order valence-corrected chi connectivity index (χ2v) is 9.96. The lowest BCUT2D eigenvalue weighted by atomic mass is 10.0. The highest BCUT2D eigenvalue weighted by Gasteiger charge is 2.34. The van der Waals surface area contributed by atoms with Crippen LogP contribution in [0.3, 0.4) is 0 Å². The quantitative estimate of drug-likeness (QED) is 0.267. The molecule has 0 bridgehead atoms. The van der Waals surface area contributed by atoms with E-state index in [2.05, 4.69) is 27.1 Å². The number of aromatic nitrogens is 1. The number of aryl methyl sites for hydroxylation is 1. The fourth-order valence-corrected chi connectivity index (χ4v) is 5.09. The van der Waals surface area contributed by atoms with Crippen LogP contribution >= 0.6 is 0 Å². The zero-order valence-electron chi connectivity index (χ0n) is 24.0. The Balaban J connectivity index is 1.35. The highest BCUT2D eigenvalue weighted by atomic mass is 19.1. The summed E-state index contributed by atoms with van der Waals surface area (Å²) in [6.07, 6.45) is 3.97. The highest BCUT2D eigenvalue weighted by Crippen LogP contribution is 2.33. The van der Waals surface area contributed by atoms with E-state index in [1.165, 1.54) is 14.2 Å². The minimum absolute atomic E-state index is 0.0787. The van der Waals surface area contributed by atoms with Crippen molar-refractivity contribution in [3.8, 4) is 22.8 Å². The molecule has 1 aliphatic rings. The molecular formula is C32H37FN4O5. The molecule has 10 heteroatoms. The Kier molecular flexibility index (Phi) is 10.9. The first kappa shape index (κ1) is 30.5. The lowest BCUT2D eigenvalue weighted by Gasteiger charge is -2.23. The van der Waals surface area contributed by atoms with E-state index in [4.69, 9.17) is 14.2 Å².